The van der Waals surface area contributed by atoms with E-state index in [9.17, 15) is 4.79 Å². The summed E-state index contributed by atoms with van der Waals surface area (Å²) in [6.07, 6.45) is 0.922. The van der Waals surface area contributed by atoms with E-state index in [0.29, 0.717) is 17.1 Å². The number of carbonyl (C=O) groups is 1. The summed E-state index contributed by atoms with van der Waals surface area (Å²) in [5, 5.41) is 7.27. The Morgan fingerprint density at radius 2 is 2.26 bits per heavy atom. The molecule has 1 aromatic carbocycles. The molecule has 6 heteroatoms. The number of fused-ring (bicyclic) bond motifs is 1. The normalized spacial score (nSPS) is 14.5. The molecule has 1 aliphatic heterocycles. The van der Waals surface area contributed by atoms with Crippen molar-refractivity contribution in [3.63, 3.8) is 0 Å². The van der Waals surface area contributed by atoms with Gasteiger partial charge in [0.2, 0.25) is 0 Å². The number of anilines is 2. The number of amides is 1. The number of aromatic nitrogens is 2. The van der Waals surface area contributed by atoms with Crippen LogP contribution in [0.1, 0.15) is 21.8 Å². The van der Waals surface area contributed by atoms with Gasteiger partial charge in [-0.3, -0.25) is 4.79 Å². The van der Waals surface area contributed by atoms with Gasteiger partial charge in [-0.15, -0.1) is 5.10 Å². The third-order valence-corrected chi connectivity index (χ3v) is 3.98. The molecule has 3 rings (SSSR count). The first-order valence-electron chi connectivity index (χ1n) is 6.21. The van der Waals surface area contributed by atoms with E-state index >= 15 is 0 Å². The van der Waals surface area contributed by atoms with Crippen LogP contribution in [-0.2, 0) is 0 Å². The number of hydrogen-bond acceptors (Lipinski definition) is 5. The second-order valence-electron chi connectivity index (χ2n) is 4.44. The van der Waals surface area contributed by atoms with E-state index in [4.69, 9.17) is 0 Å². The molecule has 0 saturated carbocycles. The summed E-state index contributed by atoms with van der Waals surface area (Å²) in [4.78, 5) is 15.1. The van der Waals surface area contributed by atoms with Crippen molar-refractivity contribution >= 4 is 28.8 Å². The zero-order valence-electron chi connectivity index (χ0n) is 10.6. The summed E-state index contributed by atoms with van der Waals surface area (Å²) < 4.78 is 3.85. The maximum atomic E-state index is 12.6. The summed E-state index contributed by atoms with van der Waals surface area (Å²) in [5.41, 5.74) is 2.63. The van der Waals surface area contributed by atoms with Crippen LogP contribution >= 0.6 is 11.5 Å². The fourth-order valence-electron chi connectivity index (χ4n) is 2.20. The van der Waals surface area contributed by atoms with Crippen molar-refractivity contribution in [3.8, 4) is 0 Å². The van der Waals surface area contributed by atoms with E-state index in [1.54, 1.807) is 0 Å². The van der Waals surface area contributed by atoms with E-state index in [0.717, 1.165) is 35.9 Å². The Balaban J connectivity index is 2.01. The average Bonchev–Trinajstić information content (AvgIpc) is 2.74. The van der Waals surface area contributed by atoms with Crippen molar-refractivity contribution < 1.29 is 4.79 Å². The van der Waals surface area contributed by atoms with Gasteiger partial charge < -0.3 is 10.2 Å². The highest BCUT2D eigenvalue weighted by Gasteiger charge is 2.24. The van der Waals surface area contributed by atoms with Gasteiger partial charge in [-0.2, -0.15) is 0 Å². The highest BCUT2D eigenvalue weighted by atomic mass is 32.1. The van der Waals surface area contributed by atoms with Gasteiger partial charge >= 0.3 is 0 Å². The van der Waals surface area contributed by atoms with E-state index in [1.807, 2.05) is 36.1 Å². The van der Waals surface area contributed by atoms with Crippen molar-refractivity contribution in [1.29, 1.82) is 0 Å². The number of nitrogens with zero attached hydrogens (tertiary/aromatic N) is 3. The maximum Gasteiger partial charge on any atom is 0.271 e. The van der Waals surface area contributed by atoms with Crippen LogP contribution in [0.5, 0.6) is 0 Å². The van der Waals surface area contributed by atoms with E-state index in [1.165, 1.54) is 0 Å². The molecule has 1 amide bonds. The zero-order chi connectivity index (χ0) is 13.2. The molecule has 19 heavy (non-hydrogen) atoms. The lowest BCUT2D eigenvalue weighted by Crippen LogP contribution is -2.31. The Bertz CT molecular complexity index is 610. The fraction of sp³-hybridized carbons (Fsp3) is 0.308. The first-order valence-corrected chi connectivity index (χ1v) is 6.98. The molecule has 1 aromatic heterocycles. The summed E-state index contributed by atoms with van der Waals surface area (Å²) in [7, 11) is 0. The molecule has 1 aliphatic rings. The second kappa shape index (κ2) is 4.97. The molecule has 0 radical (unpaired) electrons. The van der Waals surface area contributed by atoms with Gasteiger partial charge in [-0.1, -0.05) is 16.6 Å². The molecule has 0 fully saturated rings. The third-order valence-electron chi connectivity index (χ3n) is 3.16. The molecule has 0 atom stereocenters. The van der Waals surface area contributed by atoms with Crippen molar-refractivity contribution in [2.45, 2.75) is 13.3 Å². The molecular weight excluding hydrogens is 260 g/mol. The first-order chi connectivity index (χ1) is 9.27. The topological polar surface area (TPSA) is 58.1 Å². The number of aryl methyl sites for hydroxylation is 1. The van der Waals surface area contributed by atoms with Crippen LogP contribution in [0.3, 0.4) is 0 Å². The van der Waals surface area contributed by atoms with Gasteiger partial charge in [0, 0.05) is 13.1 Å². The second-order valence-corrected chi connectivity index (χ2v) is 5.20. The highest BCUT2D eigenvalue weighted by Crippen LogP contribution is 2.30. The number of nitrogens with one attached hydrogen (secondary N) is 1. The van der Waals surface area contributed by atoms with Gasteiger partial charge in [-0.05, 0) is 37.0 Å². The van der Waals surface area contributed by atoms with Crippen LogP contribution in [0.2, 0.25) is 0 Å². The lowest BCUT2D eigenvalue weighted by atomic mass is 10.2. The lowest BCUT2D eigenvalue weighted by Gasteiger charge is -2.21. The number of carbonyl (C=O) groups excluding carboxylic acids is 1. The highest BCUT2D eigenvalue weighted by molar-refractivity contribution is 7.08. The predicted octanol–water partition coefficient (Wildman–Crippen LogP) is 2.31. The molecule has 0 bridgehead atoms. The number of para-hydroxylation sites is 2. The molecule has 0 aliphatic carbocycles. The van der Waals surface area contributed by atoms with Gasteiger partial charge in [0.25, 0.3) is 5.91 Å². The van der Waals surface area contributed by atoms with Gasteiger partial charge in [-0.25, -0.2) is 0 Å². The summed E-state index contributed by atoms with van der Waals surface area (Å²) in [5.74, 6) is -0.0105. The summed E-state index contributed by atoms with van der Waals surface area (Å²) in [6, 6.07) is 7.89. The van der Waals surface area contributed by atoms with E-state index in [-0.39, 0.29) is 5.91 Å². The Labute approximate surface area is 115 Å². The lowest BCUT2D eigenvalue weighted by molar-refractivity contribution is 0.0990. The molecule has 98 valence electrons. The summed E-state index contributed by atoms with van der Waals surface area (Å²) in [6.45, 7) is 3.40. The molecular formula is C13H14N4OS. The van der Waals surface area contributed by atoms with Crippen LogP contribution < -0.4 is 10.2 Å². The SMILES string of the molecule is Cc1nnsc1C(=O)N1CCCNc2ccccc21. The van der Waals surface area contributed by atoms with E-state index in [2.05, 4.69) is 14.9 Å². The quantitative estimate of drug-likeness (QED) is 0.867. The zero-order valence-corrected chi connectivity index (χ0v) is 11.4. The van der Waals surface area contributed by atoms with E-state index < -0.39 is 0 Å². The van der Waals surface area contributed by atoms with Gasteiger partial charge in [0.05, 0.1) is 17.1 Å². The van der Waals surface area contributed by atoms with Gasteiger partial charge in [0.1, 0.15) is 4.88 Å². The maximum absolute atomic E-state index is 12.6. The van der Waals surface area contributed by atoms with Crippen molar-refractivity contribution in [3.05, 3.63) is 34.8 Å². The summed E-state index contributed by atoms with van der Waals surface area (Å²) >= 11 is 1.16. The van der Waals surface area contributed by atoms with Crippen molar-refractivity contribution in [2.24, 2.45) is 0 Å². The molecule has 2 aromatic rings. The van der Waals surface area contributed by atoms with Crippen LogP contribution in [-0.4, -0.2) is 28.6 Å². The minimum Gasteiger partial charge on any atom is -0.383 e. The number of benzene rings is 1. The number of hydrogen-bond donors (Lipinski definition) is 1. The van der Waals surface area contributed by atoms with Crippen LogP contribution in [0.4, 0.5) is 11.4 Å². The molecule has 0 saturated heterocycles. The smallest absolute Gasteiger partial charge is 0.271 e. The largest absolute Gasteiger partial charge is 0.383 e. The Morgan fingerprint density at radius 1 is 1.42 bits per heavy atom. The minimum absolute atomic E-state index is 0.0105. The predicted molar refractivity (Wildman–Crippen MR) is 75.9 cm³/mol. The Morgan fingerprint density at radius 3 is 3.05 bits per heavy atom. The third kappa shape index (κ3) is 2.19. The molecule has 2 heterocycles. The Hall–Kier alpha value is -1.95. The minimum atomic E-state index is -0.0105. The van der Waals surface area contributed by atoms with Crippen LogP contribution in [0, 0.1) is 6.92 Å². The molecule has 0 spiro atoms. The van der Waals surface area contributed by atoms with Crippen LogP contribution in [0.25, 0.3) is 0 Å². The molecule has 5 nitrogen and oxygen atoms in total. The van der Waals surface area contributed by atoms with Gasteiger partial charge in [0.15, 0.2) is 0 Å². The monoisotopic (exact) mass is 274 g/mol. The van der Waals surface area contributed by atoms with Crippen LogP contribution in [0.15, 0.2) is 24.3 Å². The molecule has 1 N–H and O–H groups in total. The van der Waals surface area contributed by atoms with Crippen molar-refractivity contribution in [2.75, 3.05) is 23.3 Å². The average molecular weight is 274 g/mol. The fourth-order valence-corrected chi connectivity index (χ4v) is 2.81. The number of rotatable bonds is 1. The van der Waals surface area contributed by atoms with Crippen molar-refractivity contribution in [1.82, 2.24) is 9.59 Å². The molecule has 0 unspecified atom stereocenters. The standard InChI is InChI=1S/C13H14N4OS/c1-9-12(19-16-15-9)13(18)17-8-4-7-14-10-5-2-3-6-11(10)17/h2-3,5-6,14H,4,7-8H2,1H3. The first kappa shape index (κ1) is 12.1. The Kier molecular flexibility index (Phi) is 3.16.